The quantitative estimate of drug-likeness (QED) is 0.861. The van der Waals surface area contributed by atoms with Gasteiger partial charge >= 0.3 is 0 Å². The van der Waals surface area contributed by atoms with Gasteiger partial charge in [0, 0.05) is 12.7 Å². The molecule has 1 rings (SSSR count). The molecule has 80 valence electrons. The normalized spacial score (nSPS) is 10.4. The molecule has 0 saturated heterocycles. The summed E-state index contributed by atoms with van der Waals surface area (Å²) in [5.41, 5.74) is 5.91. The molecule has 0 aliphatic heterocycles. The molecule has 6 heteroatoms. The first-order valence-electron chi connectivity index (χ1n) is 4.13. The predicted molar refractivity (Wildman–Crippen MR) is 54.1 cm³/mol. The first-order valence-corrected chi connectivity index (χ1v) is 4.92. The molecule has 1 aromatic heterocycles. The molecular formula is C9H8BrF2N3. The van der Waals surface area contributed by atoms with Crippen LogP contribution in [0.2, 0.25) is 0 Å². The molecule has 0 unspecified atom stereocenters. The molecule has 1 aromatic rings. The molecule has 0 aliphatic rings. The highest BCUT2D eigenvalue weighted by Gasteiger charge is 2.20. The van der Waals surface area contributed by atoms with Crippen molar-refractivity contribution in [2.45, 2.75) is 19.4 Å². The number of nitriles is 1. The van der Waals surface area contributed by atoms with Gasteiger partial charge in [-0.2, -0.15) is 5.26 Å². The molecule has 2 N–H and O–H groups in total. The van der Waals surface area contributed by atoms with Crippen molar-refractivity contribution in [1.29, 1.82) is 5.26 Å². The Balaban J connectivity index is 3.38. The Kier molecular flexibility index (Phi) is 4.12. The van der Waals surface area contributed by atoms with Crippen molar-refractivity contribution < 1.29 is 8.78 Å². The van der Waals surface area contributed by atoms with Crippen LogP contribution in [0.4, 0.5) is 8.78 Å². The van der Waals surface area contributed by atoms with E-state index in [9.17, 15) is 8.78 Å². The van der Waals surface area contributed by atoms with Gasteiger partial charge in [0.2, 0.25) is 0 Å². The molecule has 0 aromatic carbocycles. The van der Waals surface area contributed by atoms with Crippen molar-refractivity contribution in [3.63, 3.8) is 0 Å². The lowest BCUT2D eigenvalue weighted by Gasteiger charge is -2.11. The van der Waals surface area contributed by atoms with E-state index in [4.69, 9.17) is 11.0 Å². The Morgan fingerprint density at radius 2 is 2.27 bits per heavy atom. The van der Waals surface area contributed by atoms with Gasteiger partial charge in [-0.25, -0.2) is 13.8 Å². The van der Waals surface area contributed by atoms with Gasteiger partial charge in [-0.15, -0.1) is 0 Å². The summed E-state index contributed by atoms with van der Waals surface area (Å²) in [4.78, 5) is 3.76. The van der Waals surface area contributed by atoms with E-state index in [1.807, 2.05) is 6.07 Å². The van der Waals surface area contributed by atoms with Gasteiger partial charge in [-0.05, 0) is 27.1 Å². The minimum Gasteiger partial charge on any atom is -0.326 e. The summed E-state index contributed by atoms with van der Waals surface area (Å²) in [7, 11) is 0. The summed E-state index contributed by atoms with van der Waals surface area (Å²) in [6.07, 6.45) is -1.35. The Labute approximate surface area is 94.0 Å². The maximum atomic E-state index is 12.7. The van der Waals surface area contributed by atoms with Crippen molar-refractivity contribution in [1.82, 2.24) is 4.98 Å². The Morgan fingerprint density at radius 3 is 2.73 bits per heavy atom. The Hall–Kier alpha value is -1.06. The van der Waals surface area contributed by atoms with E-state index in [1.54, 1.807) is 0 Å². The minimum absolute atomic E-state index is 0.0694. The van der Waals surface area contributed by atoms with Crippen molar-refractivity contribution >= 4 is 15.9 Å². The second kappa shape index (κ2) is 5.14. The highest BCUT2D eigenvalue weighted by atomic mass is 79.9. The van der Waals surface area contributed by atoms with Crippen LogP contribution < -0.4 is 5.73 Å². The number of pyridine rings is 1. The van der Waals surface area contributed by atoms with E-state index in [2.05, 4.69) is 20.9 Å². The van der Waals surface area contributed by atoms with Gasteiger partial charge in [-0.1, -0.05) is 0 Å². The van der Waals surface area contributed by atoms with Gasteiger partial charge in [0.25, 0.3) is 6.43 Å². The zero-order valence-corrected chi connectivity index (χ0v) is 9.26. The largest absolute Gasteiger partial charge is 0.326 e. The molecule has 0 radical (unpaired) electrons. The average molecular weight is 276 g/mol. The molecule has 15 heavy (non-hydrogen) atoms. The fourth-order valence-corrected chi connectivity index (χ4v) is 1.78. The standard InChI is InChI=1S/C9H8BrF2N3/c10-8-7(9(11)12)6(1-2-13)5(3-14)4-15-8/h4,9H,1,3,14H2. The lowest BCUT2D eigenvalue weighted by Crippen LogP contribution is -2.07. The molecule has 0 saturated carbocycles. The SMILES string of the molecule is N#CCc1c(CN)cnc(Br)c1C(F)F. The summed E-state index contributed by atoms with van der Waals surface area (Å²) in [6.45, 7) is 0.0943. The van der Waals surface area contributed by atoms with Gasteiger partial charge in [-0.3, -0.25) is 0 Å². The van der Waals surface area contributed by atoms with Gasteiger partial charge < -0.3 is 5.73 Å². The second-order valence-corrected chi connectivity index (χ2v) is 3.56. The third kappa shape index (κ3) is 2.49. The number of halogens is 3. The fourth-order valence-electron chi connectivity index (χ4n) is 1.26. The second-order valence-electron chi connectivity index (χ2n) is 2.81. The van der Waals surface area contributed by atoms with Crippen LogP contribution in [0.1, 0.15) is 23.1 Å². The topological polar surface area (TPSA) is 62.7 Å². The molecule has 0 atom stereocenters. The van der Waals surface area contributed by atoms with E-state index in [1.165, 1.54) is 6.20 Å². The van der Waals surface area contributed by atoms with Crippen LogP contribution in [0, 0.1) is 11.3 Å². The summed E-state index contributed by atoms with van der Waals surface area (Å²) in [5.74, 6) is 0. The third-order valence-electron chi connectivity index (χ3n) is 1.96. The highest BCUT2D eigenvalue weighted by molar-refractivity contribution is 9.10. The smallest absolute Gasteiger partial charge is 0.266 e. The van der Waals surface area contributed by atoms with Crippen LogP contribution in [-0.2, 0) is 13.0 Å². The number of rotatable bonds is 3. The summed E-state index contributed by atoms with van der Waals surface area (Å²) in [6, 6.07) is 1.84. The molecule has 0 bridgehead atoms. The maximum Gasteiger partial charge on any atom is 0.266 e. The van der Waals surface area contributed by atoms with E-state index in [0.29, 0.717) is 5.56 Å². The summed E-state index contributed by atoms with van der Waals surface area (Å²) >= 11 is 2.94. The number of hydrogen-bond donors (Lipinski definition) is 1. The lowest BCUT2D eigenvalue weighted by atomic mass is 10.0. The Morgan fingerprint density at radius 1 is 1.60 bits per heavy atom. The van der Waals surface area contributed by atoms with Crippen molar-refractivity contribution in [2.24, 2.45) is 5.73 Å². The lowest BCUT2D eigenvalue weighted by molar-refractivity contribution is 0.149. The predicted octanol–water partition coefficient (Wildman–Crippen LogP) is 2.31. The van der Waals surface area contributed by atoms with Crippen LogP contribution in [0.5, 0.6) is 0 Å². The van der Waals surface area contributed by atoms with Crippen LogP contribution in [0.15, 0.2) is 10.8 Å². The molecule has 3 nitrogen and oxygen atoms in total. The molecule has 0 amide bonds. The van der Waals surface area contributed by atoms with Crippen LogP contribution in [-0.4, -0.2) is 4.98 Å². The first kappa shape index (κ1) is 12.0. The van der Waals surface area contributed by atoms with Crippen LogP contribution in [0.25, 0.3) is 0 Å². The molecule has 0 aliphatic carbocycles. The third-order valence-corrected chi connectivity index (χ3v) is 2.59. The minimum atomic E-state index is -2.67. The molecular weight excluding hydrogens is 268 g/mol. The van der Waals surface area contributed by atoms with Gasteiger partial charge in [0.15, 0.2) is 0 Å². The highest BCUT2D eigenvalue weighted by Crippen LogP contribution is 2.31. The van der Waals surface area contributed by atoms with Gasteiger partial charge in [0.1, 0.15) is 4.60 Å². The summed E-state index contributed by atoms with van der Waals surface area (Å²) < 4.78 is 25.5. The zero-order chi connectivity index (χ0) is 11.4. The summed E-state index contributed by atoms with van der Waals surface area (Å²) in [5, 5.41) is 8.57. The molecule has 0 fully saturated rings. The number of alkyl halides is 2. The fraction of sp³-hybridized carbons (Fsp3) is 0.333. The number of nitrogens with zero attached hydrogens (tertiary/aromatic N) is 2. The van der Waals surface area contributed by atoms with E-state index in [0.717, 1.165) is 0 Å². The Bertz CT molecular complexity index is 401. The van der Waals surface area contributed by atoms with Crippen LogP contribution >= 0.6 is 15.9 Å². The van der Waals surface area contributed by atoms with Crippen molar-refractivity contribution in [3.8, 4) is 6.07 Å². The molecule has 1 heterocycles. The maximum absolute atomic E-state index is 12.7. The van der Waals surface area contributed by atoms with E-state index in [-0.39, 0.29) is 28.7 Å². The van der Waals surface area contributed by atoms with Crippen molar-refractivity contribution in [3.05, 3.63) is 27.5 Å². The average Bonchev–Trinajstić information content (AvgIpc) is 2.18. The van der Waals surface area contributed by atoms with E-state index < -0.39 is 6.43 Å². The number of nitrogens with two attached hydrogens (primary N) is 1. The number of hydrogen-bond acceptors (Lipinski definition) is 3. The van der Waals surface area contributed by atoms with Crippen molar-refractivity contribution in [2.75, 3.05) is 0 Å². The van der Waals surface area contributed by atoms with Crippen LogP contribution in [0.3, 0.4) is 0 Å². The van der Waals surface area contributed by atoms with E-state index >= 15 is 0 Å². The first-order chi connectivity index (χ1) is 7.11. The monoisotopic (exact) mass is 275 g/mol. The van der Waals surface area contributed by atoms with Gasteiger partial charge in [0.05, 0.1) is 18.1 Å². The number of aromatic nitrogens is 1. The molecule has 0 spiro atoms. The zero-order valence-electron chi connectivity index (χ0n) is 7.67.